The first-order valence-corrected chi connectivity index (χ1v) is 11.5. The molecule has 0 radical (unpaired) electrons. The van der Waals surface area contributed by atoms with Crippen LogP contribution in [0.25, 0.3) is 33.6 Å². The summed E-state index contributed by atoms with van der Waals surface area (Å²) in [6, 6.07) is 19.2. The monoisotopic (exact) mass is 612 g/mol. The summed E-state index contributed by atoms with van der Waals surface area (Å²) in [5, 5.41) is 20.8. The number of phenols is 2. The molecular weight excluding hydrogens is 582 g/mol. The van der Waals surface area contributed by atoms with Crippen molar-refractivity contribution >= 4 is 0 Å². The number of rotatable bonds is 3. The van der Waals surface area contributed by atoms with Crippen LogP contribution in [0.3, 0.4) is 0 Å². The first-order valence-electron chi connectivity index (χ1n) is 11.5. The number of benzene rings is 2. The molecule has 0 saturated carbocycles. The second kappa shape index (κ2) is 13.7. The SMILES string of the molecule is CC(C)(C)c1ccc(O)c(-c2ccc(-c3ccc(-c4cc(C(C)(C)C)ccc4O)cn3)nc2)c1.[Cl-].[Cl-].[Cl-].[Mn+3]. The van der Waals surface area contributed by atoms with Crippen molar-refractivity contribution in [1.29, 1.82) is 0 Å². The maximum atomic E-state index is 10.4. The number of aromatic nitrogens is 2. The van der Waals surface area contributed by atoms with Crippen LogP contribution in [-0.4, -0.2) is 20.2 Å². The second-order valence-electron chi connectivity index (χ2n) is 10.8. The van der Waals surface area contributed by atoms with Gasteiger partial charge >= 0.3 is 17.1 Å². The maximum Gasteiger partial charge on any atom is 3.00 e. The number of halogens is 3. The van der Waals surface area contributed by atoms with E-state index in [1.54, 1.807) is 24.5 Å². The molecule has 0 bridgehead atoms. The molecule has 2 N–H and O–H groups in total. The Morgan fingerprint density at radius 3 is 1.13 bits per heavy atom. The van der Waals surface area contributed by atoms with Gasteiger partial charge in [-0.05, 0) is 58.4 Å². The molecule has 2 aromatic heterocycles. The molecule has 4 aromatic rings. The Balaban J connectivity index is 0.00000342. The van der Waals surface area contributed by atoms with Crippen molar-refractivity contribution in [2.75, 3.05) is 0 Å². The van der Waals surface area contributed by atoms with E-state index in [9.17, 15) is 10.2 Å². The zero-order valence-electron chi connectivity index (χ0n) is 22.2. The Morgan fingerprint density at radius 2 is 0.868 bits per heavy atom. The van der Waals surface area contributed by atoms with Gasteiger partial charge in [-0.2, -0.15) is 0 Å². The van der Waals surface area contributed by atoms with Crippen molar-refractivity contribution < 1.29 is 64.5 Å². The molecule has 0 spiro atoms. The number of hydrogen-bond acceptors (Lipinski definition) is 4. The van der Waals surface area contributed by atoms with Gasteiger partial charge < -0.3 is 47.4 Å². The molecule has 0 saturated heterocycles. The van der Waals surface area contributed by atoms with Gasteiger partial charge in [0.05, 0.1) is 11.4 Å². The average Bonchev–Trinajstić information content (AvgIpc) is 2.78. The van der Waals surface area contributed by atoms with Gasteiger partial charge in [-0.25, -0.2) is 0 Å². The first-order chi connectivity index (χ1) is 15.9. The molecule has 8 heteroatoms. The molecule has 2 aromatic carbocycles. The normalized spacial score (nSPS) is 10.8. The number of aromatic hydroxyl groups is 2. The molecule has 0 aliphatic carbocycles. The van der Waals surface area contributed by atoms with Crippen LogP contribution in [0.2, 0.25) is 0 Å². The zero-order valence-corrected chi connectivity index (χ0v) is 25.7. The topological polar surface area (TPSA) is 66.2 Å². The smallest absolute Gasteiger partial charge is 1.00 e. The fourth-order valence-corrected chi connectivity index (χ4v) is 3.88. The molecule has 4 rings (SSSR count). The van der Waals surface area contributed by atoms with E-state index in [0.717, 1.165) is 44.8 Å². The summed E-state index contributed by atoms with van der Waals surface area (Å²) >= 11 is 0. The van der Waals surface area contributed by atoms with Crippen molar-refractivity contribution in [2.24, 2.45) is 0 Å². The van der Waals surface area contributed by atoms with Crippen LogP contribution in [0.4, 0.5) is 0 Å². The van der Waals surface area contributed by atoms with Gasteiger partial charge in [-0.3, -0.25) is 9.97 Å². The van der Waals surface area contributed by atoms with E-state index in [0.29, 0.717) is 0 Å². The number of pyridine rings is 2. The summed E-state index contributed by atoms with van der Waals surface area (Å²) in [4.78, 5) is 9.20. The largest absolute Gasteiger partial charge is 3.00 e. The van der Waals surface area contributed by atoms with Crippen molar-refractivity contribution in [1.82, 2.24) is 9.97 Å². The Kier molecular flexibility index (Phi) is 12.9. The molecule has 0 fully saturated rings. The summed E-state index contributed by atoms with van der Waals surface area (Å²) in [5.41, 5.74) is 7.02. The molecule has 0 atom stereocenters. The van der Waals surface area contributed by atoms with E-state index in [2.05, 4.69) is 51.5 Å². The Bertz CT molecular complexity index is 1230. The minimum Gasteiger partial charge on any atom is -1.00 e. The minimum absolute atomic E-state index is 0. The minimum atomic E-state index is -0.0116. The average molecular weight is 614 g/mol. The van der Waals surface area contributed by atoms with E-state index in [1.165, 1.54) is 0 Å². The Hall–Kier alpha value is -2.27. The van der Waals surface area contributed by atoms with Crippen LogP contribution < -0.4 is 37.2 Å². The van der Waals surface area contributed by atoms with E-state index in [4.69, 9.17) is 0 Å². The van der Waals surface area contributed by atoms with E-state index in [-0.39, 0.29) is 76.6 Å². The van der Waals surface area contributed by atoms with Crippen LogP contribution in [-0.2, 0) is 27.9 Å². The van der Waals surface area contributed by atoms with Gasteiger partial charge in [0.15, 0.2) is 0 Å². The van der Waals surface area contributed by atoms with Gasteiger partial charge in [0.25, 0.3) is 0 Å². The summed E-state index contributed by atoms with van der Waals surface area (Å²) < 4.78 is 0. The molecule has 2 heterocycles. The van der Waals surface area contributed by atoms with Crippen LogP contribution in [0.5, 0.6) is 11.5 Å². The standard InChI is InChI=1S/C30H32N2O2.3ClH.Mn/c1-29(2,3)21-9-13-27(33)23(15-21)19-7-11-25(31-17-19)26-12-8-20(18-32-26)24-16-22(30(4,5)6)10-14-28(24)34;;;;/h7-18,33-34H,1-6H3;3*1H;/q;;;;+3/p-3. The van der Waals surface area contributed by atoms with Crippen LogP contribution in [0.1, 0.15) is 52.7 Å². The van der Waals surface area contributed by atoms with Crippen LogP contribution >= 0.6 is 0 Å². The molecule has 0 aliphatic rings. The molecular formula is C30H32Cl3MnN2O2. The summed E-state index contributed by atoms with van der Waals surface area (Å²) in [5.74, 6) is 0.477. The molecule has 4 nitrogen and oxygen atoms in total. The Labute approximate surface area is 255 Å². The van der Waals surface area contributed by atoms with Crippen LogP contribution in [0, 0.1) is 0 Å². The van der Waals surface area contributed by atoms with Crippen molar-refractivity contribution in [3.05, 3.63) is 84.2 Å². The number of nitrogens with zero attached hydrogens (tertiary/aromatic N) is 2. The van der Waals surface area contributed by atoms with E-state index < -0.39 is 0 Å². The third-order valence-electron chi connectivity index (χ3n) is 6.14. The molecule has 0 unspecified atom stereocenters. The van der Waals surface area contributed by atoms with Crippen molar-refractivity contribution in [2.45, 2.75) is 52.4 Å². The predicted molar refractivity (Wildman–Crippen MR) is 139 cm³/mol. The van der Waals surface area contributed by atoms with Crippen molar-refractivity contribution in [3.8, 4) is 45.1 Å². The van der Waals surface area contributed by atoms with Gasteiger partial charge in [0, 0.05) is 34.6 Å². The summed E-state index contributed by atoms with van der Waals surface area (Å²) in [6.07, 6.45) is 3.54. The summed E-state index contributed by atoms with van der Waals surface area (Å²) in [7, 11) is 0. The molecule has 0 amide bonds. The fraction of sp³-hybridized carbons (Fsp3) is 0.267. The third-order valence-corrected chi connectivity index (χ3v) is 6.14. The molecule has 38 heavy (non-hydrogen) atoms. The quantitative estimate of drug-likeness (QED) is 0.276. The molecule has 0 aliphatic heterocycles. The van der Waals surface area contributed by atoms with Gasteiger partial charge in [-0.1, -0.05) is 65.8 Å². The first kappa shape index (κ1) is 35.7. The van der Waals surface area contributed by atoms with E-state index >= 15 is 0 Å². The van der Waals surface area contributed by atoms with Crippen molar-refractivity contribution in [3.63, 3.8) is 0 Å². The predicted octanol–water partition coefficient (Wildman–Crippen LogP) is -1.51. The van der Waals surface area contributed by atoms with Crippen LogP contribution in [0.15, 0.2) is 73.1 Å². The van der Waals surface area contributed by atoms with Gasteiger partial charge in [-0.15, -0.1) is 0 Å². The second-order valence-corrected chi connectivity index (χ2v) is 10.8. The zero-order chi connectivity index (χ0) is 24.7. The van der Waals surface area contributed by atoms with Gasteiger partial charge in [0.1, 0.15) is 11.5 Å². The summed E-state index contributed by atoms with van der Waals surface area (Å²) in [6.45, 7) is 12.9. The number of phenolic OH excluding ortho intramolecular Hbond substituents is 2. The van der Waals surface area contributed by atoms with E-state index in [1.807, 2.05) is 48.5 Å². The number of hydrogen-bond donors (Lipinski definition) is 2. The fourth-order valence-electron chi connectivity index (χ4n) is 3.88. The third kappa shape index (κ3) is 7.88. The van der Waals surface area contributed by atoms with Gasteiger partial charge in [0.2, 0.25) is 0 Å². The Morgan fingerprint density at radius 1 is 0.526 bits per heavy atom. The maximum absolute atomic E-state index is 10.4. The molecule has 202 valence electrons.